The van der Waals surface area contributed by atoms with Gasteiger partial charge >= 0.3 is 12.0 Å². The SMILES string of the molecule is O=C(NCc1ccc(Cl)s1)Nc1ccc(C(=O)O)cc1Br. The summed E-state index contributed by atoms with van der Waals surface area (Å²) in [5.74, 6) is -1.03. The molecule has 0 unspecified atom stereocenters. The zero-order valence-electron chi connectivity index (χ0n) is 10.5. The minimum absolute atomic E-state index is 0.140. The van der Waals surface area contributed by atoms with E-state index in [0.717, 1.165) is 4.88 Å². The molecule has 0 atom stereocenters. The van der Waals surface area contributed by atoms with Gasteiger partial charge in [0.1, 0.15) is 0 Å². The number of thiophene rings is 1. The van der Waals surface area contributed by atoms with Crippen LogP contribution in [0.25, 0.3) is 0 Å². The van der Waals surface area contributed by atoms with E-state index in [0.29, 0.717) is 21.0 Å². The van der Waals surface area contributed by atoms with Crippen LogP contribution in [0.3, 0.4) is 0 Å². The molecule has 5 nitrogen and oxygen atoms in total. The lowest BCUT2D eigenvalue weighted by atomic mass is 10.2. The highest BCUT2D eigenvalue weighted by Gasteiger charge is 2.09. The number of halogens is 2. The number of rotatable bonds is 4. The van der Waals surface area contributed by atoms with E-state index in [1.54, 1.807) is 6.07 Å². The van der Waals surface area contributed by atoms with Crippen LogP contribution >= 0.6 is 38.9 Å². The Bertz CT molecular complexity index is 690. The third-order valence-electron chi connectivity index (χ3n) is 2.52. The second-order valence-corrected chi connectivity index (χ2v) is 6.67. The van der Waals surface area contributed by atoms with Crippen molar-refractivity contribution >= 4 is 56.6 Å². The van der Waals surface area contributed by atoms with Gasteiger partial charge in [0.05, 0.1) is 22.1 Å². The van der Waals surface area contributed by atoms with E-state index in [1.165, 1.54) is 29.5 Å². The first-order valence-electron chi connectivity index (χ1n) is 5.77. The van der Waals surface area contributed by atoms with Crippen LogP contribution in [-0.4, -0.2) is 17.1 Å². The molecule has 110 valence electrons. The fourth-order valence-electron chi connectivity index (χ4n) is 1.53. The molecule has 2 amide bonds. The largest absolute Gasteiger partial charge is 0.478 e. The number of urea groups is 1. The van der Waals surface area contributed by atoms with Crippen LogP contribution in [0.5, 0.6) is 0 Å². The smallest absolute Gasteiger partial charge is 0.335 e. The summed E-state index contributed by atoms with van der Waals surface area (Å²) in [6.45, 7) is 0.369. The highest BCUT2D eigenvalue weighted by molar-refractivity contribution is 9.10. The van der Waals surface area contributed by atoms with Crippen LogP contribution in [0, 0.1) is 0 Å². The molecule has 1 aromatic carbocycles. The number of carbonyl (C=O) groups is 2. The van der Waals surface area contributed by atoms with Crippen LogP contribution in [0.1, 0.15) is 15.2 Å². The summed E-state index contributed by atoms with van der Waals surface area (Å²) in [5.41, 5.74) is 0.628. The Kier molecular flexibility index (Phi) is 5.22. The predicted octanol–water partition coefficient (Wildman–Crippen LogP) is 4.18. The van der Waals surface area contributed by atoms with Gasteiger partial charge < -0.3 is 15.7 Å². The van der Waals surface area contributed by atoms with E-state index in [4.69, 9.17) is 16.7 Å². The minimum Gasteiger partial charge on any atom is -0.478 e. The molecule has 0 spiro atoms. The van der Waals surface area contributed by atoms with Gasteiger partial charge in [0, 0.05) is 9.35 Å². The van der Waals surface area contributed by atoms with Crippen molar-refractivity contribution in [1.82, 2.24) is 5.32 Å². The van der Waals surface area contributed by atoms with Gasteiger partial charge in [-0.1, -0.05) is 11.6 Å². The molecule has 8 heteroatoms. The summed E-state index contributed by atoms with van der Waals surface area (Å²) in [6, 6.07) is 7.59. The Hall–Kier alpha value is -1.57. The quantitative estimate of drug-likeness (QED) is 0.734. The zero-order chi connectivity index (χ0) is 15.4. The molecule has 21 heavy (non-hydrogen) atoms. The Morgan fingerprint density at radius 3 is 2.62 bits per heavy atom. The molecule has 0 aliphatic carbocycles. The molecule has 0 aliphatic heterocycles. The van der Waals surface area contributed by atoms with Crippen LogP contribution in [0.2, 0.25) is 4.34 Å². The van der Waals surface area contributed by atoms with Gasteiger partial charge in [-0.05, 0) is 46.3 Å². The van der Waals surface area contributed by atoms with Crippen molar-refractivity contribution in [3.8, 4) is 0 Å². The number of hydrogen-bond donors (Lipinski definition) is 3. The number of benzene rings is 1. The third-order valence-corrected chi connectivity index (χ3v) is 4.40. The normalized spacial score (nSPS) is 10.2. The Morgan fingerprint density at radius 1 is 1.29 bits per heavy atom. The van der Waals surface area contributed by atoms with Gasteiger partial charge in [0.2, 0.25) is 0 Å². The van der Waals surface area contributed by atoms with Crippen molar-refractivity contribution in [2.45, 2.75) is 6.54 Å². The van der Waals surface area contributed by atoms with Crippen LogP contribution in [-0.2, 0) is 6.54 Å². The van der Waals surface area contributed by atoms with E-state index < -0.39 is 5.97 Å². The average Bonchev–Trinajstić information content (AvgIpc) is 2.84. The number of anilines is 1. The maximum Gasteiger partial charge on any atom is 0.335 e. The lowest BCUT2D eigenvalue weighted by molar-refractivity contribution is 0.0697. The van der Waals surface area contributed by atoms with E-state index in [9.17, 15) is 9.59 Å². The van der Waals surface area contributed by atoms with Crippen molar-refractivity contribution in [3.63, 3.8) is 0 Å². The predicted molar refractivity (Wildman–Crippen MR) is 86.3 cm³/mol. The van der Waals surface area contributed by atoms with Gasteiger partial charge in [0.25, 0.3) is 0 Å². The Morgan fingerprint density at radius 2 is 2.05 bits per heavy atom. The topological polar surface area (TPSA) is 78.4 Å². The summed E-state index contributed by atoms with van der Waals surface area (Å²) >= 11 is 10.4. The standard InChI is InChI=1S/C13H10BrClN2O3S/c14-9-5-7(12(18)19)1-3-10(9)17-13(20)16-6-8-2-4-11(15)21-8/h1-5H,6H2,(H,18,19)(H2,16,17,20). The maximum absolute atomic E-state index is 11.8. The number of nitrogens with one attached hydrogen (secondary N) is 2. The lowest BCUT2D eigenvalue weighted by Gasteiger charge is -2.09. The molecule has 0 saturated carbocycles. The average molecular weight is 390 g/mol. The molecule has 0 bridgehead atoms. The molecule has 1 heterocycles. The molecule has 3 N–H and O–H groups in total. The Balaban J connectivity index is 1.94. The van der Waals surface area contributed by atoms with Crippen LogP contribution < -0.4 is 10.6 Å². The molecule has 0 fully saturated rings. The molecule has 0 radical (unpaired) electrons. The molecule has 1 aromatic heterocycles. The summed E-state index contributed by atoms with van der Waals surface area (Å²) in [4.78, 5) is 23.5. The lowest BCUT2D eigenvalue weighted by Crippen LogP contribution is -2.28. The van der Waals surface area contributed by atoms with Gasteiger partial charge in [-0.2, -0.15) is 0 Å². The second kappa shape index (κ2) is 6.93. The van der Waals surface area contributed by atoms with E-state index in [1.807, 2.05) is 6.07 Å². The second-order valence-electron chi connectivity index (χ2n) is 4.01. The first kappa shape index (κ1) is 15.8. The molecule has 0 aliphatic rings. The fraction of sp³-hybridized carbons (Fsp3) is 0.0769. The van der Waals surface area contributed by atoms with Gasteiger partial charge in [0.15, 0.2) is 0 Å². The van der Waals surface area contributed by atoms with E-state index in [2.05, 4.69) is 26.6 Å². The summed E-state index contributed by atoms with van der Waals surface area (Å²) in [7, 11) is 0. The number of aromatic carboxylic acids is 1. The summed E-state index contributed by atoms with van der Waals surface area (Å²) in [5, 5.41) is 14.2. The number of amides is 2. The van der Waals surface area contributed by atoms with Crippen LogP contribution in [0.4, 0.5) is 10.5 Å². The number of hydrogen-bond acceptors (Lipinski definition) is 3. The summed E-state index contributed by atoms with van der Waals surface area (Å²) < 4.78 is 1.16. The van der Waals surface area contributed by atoms with Crippen molar-refractivity contribution in [3.05, 3.63) is 49.6 Å². The fourth-order valence-corrected chi connectivity index (χ4v) is 3.04. The zero-order valence-corrected chi connectivity index (χ0v) is 13.7. The van der Waals surface area contributed by atoms with Gasteiger partial charge in [-0.15, -0.1) is 11.3 Å². The monoisotopic (exact) mass is 388 g/mol. The number of carboxylic acids is 1. The molecule has 0 saturated heterocycles. The molecular formula is C13H10BrClN2O3S. The van der Waals surface area contributed by atoms with Crippen molar-refractivity contribution < 1.29 is 14.7 Å². The highest BCUT2D eigenvalue weighted by Crippen LogP contribution is 2.24. The number of carboxylic acid groups (broad SMARTS) is 1. The highest BCUT2D eigenvalue weighted by atomic mass is 79.9. The first-order chi connectivity index (χ1) is 9.95. The molecule has 2 aromatic rings. The minimum atomic E-state index is -1.03. The van der Waals surface area contributed by atoms with Gasteiger partial charge in [-0.25, -0.2) is 9.59 Å². The number of carbonyl (C=O) groups excluding carboxylic acids is 1. The molecular weight excluding hydrogens is 380 g/mol. The van der Waals surface area contributed by atoms with E-state index in [-0.39, 0.29) is 11.6 Å². The third kappa shape index (κ3) is 4.45. The van der Waals surface area contributed by atoms with E-state index >= 15 is 0 Å². The summed E-state index contributed by atoms with van der Waals surface area (Å²) in [6.07, 6.45) is 0. The maximum atomic E-state index is 11.8. The van der Waals surface area contributed by atoms with Crippen molar-refractivity contribution in [2.24, 2.45) is 0 Å². The van der Waals surface area contributed by atoms with Crippen molar-refractivity contribution in [2.75, 3.05) is 5.32 Å². The first-order valence-corrected chi connectivity index (χ1v) is 7.76. The van der Waals surface area contributed by atoms with Crippen molar-refractivity contribution in [1.29, 1.82) is 0 Å². The van der Waals surface area contributed by atoms with Gasteiger partial charge in [-0.3, -0.25) is 0 Å². The molecule has 2 rings (SSSR count). The van der Waals surface area contributed by atoms with Crippen LogP contribution in [0.15, 0.2) is 34.8 Å². The Labute approximate surface area is 138 Å².